The number of hydrogen-bond acceptors (Lipinski definition) is 4. The summed E-state index contributed by atoms with van der Waals surface area (Å²) in [6.45, 7) is 0. The zero-order valence-electron chi connectivity index (χ0n) is 9.75. The molecule has 0 radical (unpaired) electrons. The Morgan fingerprint density at radius 3 is 1.63 bits per heavy atom. The normalized spacial score (nSPS) is 9.74. The standard InChI is InChI=1S/C11H12N4O4/c12-10(18)14-8(16)7(9(17)15-11(13)19)6-4-2-1-3-5-6/h1-5,7H,(H3,12,14,16,18)(H3,13,15,17,19). The third-order valence-electron chi connectivity index (χ3n) is 2.15. The van der Waals surface area contributed by atoms with Crippen molar-refractivity contribution in [3.05, 3.63) is 35.9 Å². The van der Waals surface area contributed by atoms with E-state index in [9.17, 15) is 19.2 Å². The molecule has 19 heavy (non-hydrogen) atoms. The average Bonchev–Trinajstić information content (AvgIpc) is 2.28. The largest absolute Gasteiger partial charge is 0.351 e. The van der Waals surface area contributed by atoms with Gasteiger partial charge in [0.1, 0.15) is 5.92 Å². The van der Waals surface area contributed by atoms with Gasteiger partial charge in [-0.2, -0.15) is 0 Å². The number of nitrogens with one attached hydrogen (secondary N) is 2. The second-order valence-electron chi connectivity index (χ2n) is 3.55. The van der Waals surface area contributed by atoms with Crippen LogP contribution in [0.5, 0.6) is 0 Å². The van der Waals surface area contributed by atoms with Gasteiger partial charge in [-0.05, 0) is 5.56 Å². The van der Waals surface area contributed by atoms with E-state index < -0.39 is 29.8 Å². The number of amides is 6. The topological polar surface area (TPSA) is 144 Å². The van der Waals surface area contributed by atoms with Crippen LogP contribution in [0.4, 0.5) is 9.59 Å². The fourth-order valence-corrected chi connectivity index (χ4v) is 1.45. The lowest BCUT2D eigenvalue weighted by Gasteiger charge is -2.14. The highest BCUT2D eigenvalue weighted by molar-refractivity contribution is 6.13. The highest BCUT2D eigenvalue weighted by Crippen LogP contribution is 2.15. The number of rotatable bonds is 3. The van der Waals surface area contributed by atoms with Crippen molar-refractivity contribution in [2.75, 3.05) is 0 Å². The van der Waals surface area contributed by atoms with Crippen LogP contribution in [0.3, 0.4) is 0 Å². The molecule has 8 heteroatoms. The van der Waals surface area contributed by atoms with Crippen LogP contribution in [-0.2, 0) is 9.59 Å². The lowest BCUT2D eigenvalue weighted by atomic mass is 9.97. The van der Waals surface area contributed by atoms with Crippen molar-refractivity contribution in [2.24, 2.45) is 11.5 Å². The number of carbonyl (C=O) groups excluding carboxylic acids is 4. The van der Waals surface area contributed by atoms with Crippen LogP contribution in [0.2, 0.25) is 0 Å². The molecule has 0 atom stereocenters. The van der Waals surface area contributed by atoms with E-state index in [4.69, 9.17) is 11.5 Å². The predicted octanol–water partition coefficient (Wildman–Crippen LogP) is -0.840. The van der Waals surface area contributed by atoms with Crippen molar-refractivity contribution in [2.45, 2.75) is 5.92 Å². The molecule has 0 unspecified atom stereocenters. The second kappa shape index (κ2) is 6.15. The van der Waals surface area contributed by atoms with Gasteiger partial charge < -0.3 is 11.5 Å². The Balaban J connectivity index is 3.04. The zero-order valence-corrected chi connectivity index (χ0v) is 9.75. The van der Waals surface area contributed by atoms with Crippen LogP contribution < -0.4 is 22.1 Å². The van der Waals surface area contributed by atoms with Crippen molar-refractivity contribution in [3.8, 4) is 0 Å². The summed E-state index contributed by atoms with van der Waals surface area (Å²) in [5.74, 6) is -3.30. The molecule has 0 saturated carbocycles. The molecule has 0 spiro atoms. The molecule has 8 nitrogen and oxygen atoms in total. The molecule has 6 N–H and O–H groups in total. The van der Waals surface area contributed by atoms with Crippen molar-refractivity contribution in [3.63, 3.8) is 0 Å². The molecular formula is C11H12N4O4. The van der Waals surface area contributed by atoms with Crippen molar-refractivity contribution < 1.29 is 19.2 Å². The summed E-state index contributed by atoms with van der Waals surface area (Å²) in [7, 11) is 0. The molecule has 0 bridgehead atoms. The smallest absolute Gasteiger partial charge is 0.318 e. The number of urea groups is 2. The van der Waals surface area contributed by atoms with E-state index in [2.05, 4.69) is 0 Å². The Morgan fingerprint density at radius 1 is 0.842 bits per heavy atom. The van der Waals surface area contributed by atoms with Gasteiger partial charge in [-0.15, -0.1) is 0 Å². The Kier molecular flexibility index (Phi) is 4.58. The first-order valence-electron chi connectivity index (χ1n) is 5.17. The van der Waals surface area contributed by atoms with Crippen LogP contribution in [-0.4, -0.2) is 23.9 Å². The van der Waals surface area contributed by atoms with E-state index in [1.807, 2.05) is 0 Å². The number of benzene rings is 1. The van der Waals surface area contributed by atoms with E-state index in [0.29, 0.717) is 5.56 Å². The van der Waals surface area contributed by atoms with Gasteiger partial charge in [-0.3, -0.25) is 20.2 Å². The summed E-state index contributed by atoms with van der Waals surface area (Å²) >= 11 is 0. The van der Waals surface area contributed by atoms with E-state index in [-0.39, 0.29) is 0 Å². The van der Waals surface area contributed by atoms with Crippen LogP contribution in [0, 0.1) is 0 Å². The molecule has 0 aliphatic rings. The molecule has 6 amide bonds. The first-order valence-corrected chi connectivity index (χ1v) is 5.17. The maximum absolute atomic E-state index is 11.8. The van der Waals surface area contributed by atoms with Gasteiger partial charge in [0.15, 0.2) is 0 Å². The Hall–Kier alpha value is -2.90. The number of carbonyl (C=O) groups is 4. The predicted molar refractivity (Wildman–Crippen MR) is 64.6 cm³/mol. The molecule has 0 saturated heterocycles. The molecule has 100 valence electrons. The molecule has 1 aromatic rings. The summed E-state index contributed by atoms with van der Waals surface area (Å²) < 4.78 is 0. The molecule has 0 aromatic heterocycles. The minimum absolute atomic E-state index is 0.292. The SMILES string of the molecule is NC(=O)NC(=O)C(C(=O)NC(N)=O)c1ccccc1. The molecule has 0 aliphatic heterocycles. The number of imide groups is 2. The van der Waals surface area contributed by atoms with E-state index in [1.54, 1.807) is 28.8 Å². The number of nitrogens with two attached hydrogens (primary N) is 2. The third kappa shape index (κ3) is 4.11. The molecule has 0 heterocycles. The quantitative estimate of drug-likeness (QED) is 0.527. The Bertz CT molecular complexity index is 487. The third-order valence-corrected chi connectivity index (χ3v) is 2.15. The lowest BCUT2D eigenvalue weighted by Crippen LogP contribution is -2.46. The fourth-order valence-electron chi connectivity index (χ4n) is 1.45. The van der Waals surface area contributed by atoms with E-state index >= 15 is 0 Å². The monoisotopic (exact) mass is 264 g/mol. The second-order valence-corrected chi connectivity index (χ2v) is 3.55. The lowest BCUT2D eigenvalue weighted by molar-refractivity contribution is -0.130. The minimum Gasteiger partial charge on any atom is -0.351 e. The number of primary amides is 2. The summed E-state index contributed by atoms with van der Waals surface area (Å²) in [4.78, 5) is 44.8. The van der Waals surface area contributed by atoms with Gasteiger partial charge >= 0.3 is 12.1 Å². The van der Waals surface area contributed by atoms with Gasteiger partial charge in [-0.1, -0.05) is 30.3 Å². The van der Waals surface area contributed by atoms with E-state index in [1.165, 1.54) is 12.1 Å². The van der Waals surface area contributed by atoms with Crippen LogP contribution in [0.25, 0.3) is 0 Å². The summed E-state index contributed by atoms with van der Waals surface area (Å²) in [5, 5.41) is 3.56. The van der Waals surface area contributed by atoms with Crippen molar-refractivity contribution >= 4 is 23.9 Å². The molecule has 0 fully saturated rings. The molecule has 0 aliphatic carbocycles. The summed E-state index contributed by atoms with van der Waals surface area (Å²) in [6.07, 6.45) is 0. The maximum Gasteiger partial charge on any atom is 0.318 e. The Morgan fingerprint density at radius 2 is 1.26 bits per heavy atom. The Labute approximate surface area is 108 Å². The highest BCUT2D eigenvalue weighted by Gasteiger charge is 2.29. The fraction of sp³-hybridized carbons (Fsp3) is 0.0909. The highest BCUT2D eigenvalue weighted by atomic mass is 16.2. The van der Waals surface area contributed by atoms with Gasteiger partial charge in [0.25, 0.3) is 0 Å². The zero-order chi connectivity index (χ0) is 14.4. The number of hydrogen-bond donors (Lipinski definition) is 4. The van der Waals surface area contributed by atoms with E-state index in [0.717, 1.165) is 0 Å². The van der Waals surface area contributed by atoms with Crippen LogP contribution >= 0.6 is 0 Å². The summed E-state index contributed by atoms with van der Waals surface area (Å²) in [6, 6.07) is 5.65. The van der Waals surface area contributed by atoms with Gasteiger partial charge in [0.2, 0.25) is 11.8 Å². The molecule has 1 aromatic carbocycles. The minimum atomic E-state index is -1.40. The first kappa shape index (κ1) is 14.2. The molecule has 1 rings (SSSR count). The van der Waals surface area contributed by atoms with Gasteiger partial charge in [0, 0.05) is 0 Å². The van der Waals surface area contributed by atoms with Gasteiger partial charge in [0.05, 0.1) is 0 Å². The van der Waals surface area contributed by atoms with Crippen molar-refractivity contribution in [1.29, 1.82) is 0 Å². The van der Waals surface area contributed by atoms with Crippen molar-refractivity contribution in [1.82, 2.24) is 10.6 Å². The average molecular weight is 264 g/mol. The van der Waals surface area contributed by atoms with Crippen LogP contribution in [0.1, 0.15) is 11.5 Å². The molecular weight excluding hydrogens is 252 g/mol. The first-order chi connectivity index (χ1) is 8.91. The summed E-state index contributed by atoms with van der Waals surface area (Å²) in [5.41, 5.74) is 9.92. The van der Waals surface area contributed by atoms with Gasteiger partial charge in [-0.25, -0.2) is 9.59 Å². The maximum atomic E-state index is 11.8. The van der Waals surface area contributed by atoms with Crippen LogP contribution in [0.15, 0.2) is 30.3 Å².